The van der Waals surface area contributed by atoms with Gasteiger partial charge in [0.25, 0.3) is 0 Å². The second-order valence-corrected chi connectivity index (χ2v) is 20.9. The maximum Gasteiger partial charge on any atom is 0.144 e. The summed E-state index contributed by atoms with van der Waals surface area (Å²) in [6.45, 7) is 14.5. The van der Waals surface area contributed by atoms with E-state index in [0.29, 0.717) is 5.78 Å². The molecular weight excluding hydrogens is 336 g/mol. The van der Waals surface area contributed by atoms with Crippen LogP contribution in [0.5, 0.6) is 0 Å². The molecule has 0 unspecified atom stereocenters. The fraction of sp³-hybridized carbons (Fsp3) is 0.591. The highest BCUT2D eigenvalue weighted by Gasteiger charge is 2.61. The number of benzene rings is 1. The molecule has 0 bridgehead atoms. The van der Waals surface area contributed by atoms with E-state index >= 15 is 0 Å². The van der Waals surface area contributed by atoms with E-state index in [1.807, 2.05) is 0 Å². The SMILES string of the molecule is C[Si](C)(C)[C@@H]1C(=O)[C@](Cc2ccccc2)([Si](C)(C)C)C2=C1CCCC2. The summed E-state index contributed by atoms with van der Waals surface area (Å²) < 4.78 is 0. The average Bonchev–Trinajstić information content (AvgIpc) is 2.78. The Morgan fingerprint density at radius 2 is 1.56 bits per heavy atom. The van der Waals surface area contributed by atoms with Crippen LogP contribution in [0.1, 0.15) is 31.2 Å². The minimum Gasteiger partial charge on any atom is -0.299 e. The van der Waals surface area contributed by atoms with Crippen molar-refractivity contribution in [2.24, 2.45) is 0 Å². The monoisotopic (exact) mass is 370 g/mol. The van der Waals surface area contributed by atoms with Crippen molar-refractivity contribution in [3.8, 4) is 0 Å². The molecule has 3 rings (SSSR count). The van der Waals surface area contributed by atoms with Crippen LogP contribution < -0.4 is 0 Å². The Labute approximate surface area is 155 Å². The first-order valence-corrected chi connectivity index (χ1v) is 17.0. The minimum atomic E-state index is -1.73. The van der Waals surface area contributed by atoms with Crippen molar-refractivity contribution in [2.45, 2.75) is 82.0 Å². The van der Waals surface area contributed by atoms with E-state index in [9.17, 15) is 4.79 Å². The lowest BCUT2D eigenvalue weighted by Gasteiger charge is -2.43. The fourth-order valence-electron chi connectivity index (χ4n) is 5.39. The highest BCUT2D eigenvalue weighted by molar-refractivity contribution is 6.88. The van der Waals surface area contributed by atoms with Crippen molar-refractivity contribution in [3.63, 3.8) is 0 Å². The predicted molar refractivity (Wildman–Crippen MR) is 114 cm³/mol. The largest absolute Gasteiger partial charge is 0.299 e. The van der Waals surface area contributed by atoms with E-state index in [-0.39, 0.29) is 10.6 Å². The molecule has 1 aromatic rings. The van der Waals surface area contributed by atoms with Gasteiger partial charge in [-0.05, 0) is 37.7 Å². The number of carbonyl (C=O) groups excluding carboxylic acids is 1. The van der Waals surface area contributed by atoms with Crippen LogP contribution in [0.3, 0.4) is 0 Å². The van der Waals surface area contributed by atoms with E-state index in [1.165, 1.54) is 31.2 Å². The van der Waals surface area contributed by atoms with Gasteiger partial charge in [0.2, 0.25) is 0 Å². The molecule has 0 heterocycles. The number of carbonyl (C=O) groups is 1. The molecule has 0 N–H and O–H groups in total. The van der Waals surface area contributed by atoms with Gasteiger partial charge < -0.3 is 0 Å². The molecule has 0 amide bonds. The van der Waals surface area contributed by atoms with E-state index in [4.69, 9.17) is 0 Å². The summed E-state index contributed by atoms with van der Waals surface area (Å²) >= 11 is 0. The van der Waals surface area contributed by atoms with Crippen molar-refractivity contribution in [1.82, 2.24) is 0 Å². The topological polar surface area (TPSA) is 17.1 Å². The Bertz CT molecular complexity index is 691. The molecule has 1 aromatic carbocycles. The van der Waals surface area contributed by atoms with Crippen molar-refractivity contribution in [1.29, 1.82) is 0 Å². The molecule has 2 aliphatic rings. The molecule has 0 fully saturated rings. The molecule has 0 aromatic heterocycles. The molecule has 25 heavy (non-hydrogen) atoms. The van der Waals surface area contributed by atoms with Crippen molar-refractivity contribution in [2.75, 3.05) is 0 Å². The molecule has 2 aliphatic carbocycles. The van der Waals surface area contributed by atoms with Crippen LogP contribution in [0.25, 0.3) is 0 Å². The number of allylic oxidation sites excluding steroid dienone is 2. The Kier molecular flexibility index (Phi) is 4.78. The van der Waals surface area contributed by atoms with Gasteiger partial charge in [-0.15, -0.1) is 0 Å². The van der Waals surface area contributed by atoms with E-state index < -0.39 is 16.1 Å². The molecule has 3 heteroatoms. The lowest BCUT2D eigenvalue weighted by Crippen LogP contribution is -2.48. The summed E-state index contributed by atoms with van der Waals surface area (Å²) in [6, 6.07) is 10.8. The maximum atomic E-state index is 14.1. The molecule has 136 valence electrons. The minimum absolute atomic E-state index is 0.172. The van der Waals surface area contributed by atoms with Crippen LogP contribution in [-0.4, -0.2) is 21.9 Å². The smallest absolute Gasteiger partial charge is 0.144 e. The highest BCUT2D eigenvalue weighted by atomic mass is 28.3. The van der Waals surface area contributed by atoms with Gasteiger partial charge in [0.15, 0.2) is 0 Å². The summed E-state index contributed by atoms with van der Waals surface area (Å²) in [5.74, 6) is 0.613. The summed E-state index contributed by atoms with van der Waals surface area (Å²) in [7, 11) is -3.30. The Balaban J connectivity index is 2.20. The molecule has 0 saturated heterocycles. The summed E-state index contributed by atoms with van der Waals surface area (Å²) in [5, 5.41) is -0.172. The van der Waals surface area contributed by atoms with Gasteiger partial charge in [-0.3, -0.25) is 4.79 Å². The van der Waals surface area contributed by atoms with Gasteiger partial charge in [0.1, 0.15) is 5.78 Å². The molecule has 0 saturated carbocycles. The van der Waals surface area contributed by atoms with Gasteiger partial charge in [-0.1, -0.05) is 80.8 Å². The van der Waals surface area contributed by atoms with E-state index in [0.717, 1.165) is 6.42 Å². The van der Waals surface area contributed by atoms with E-state index in [2.05, 4.69) is 69.6 Å². The van der Waals surface area contributed by atoms with Crippen LogP contribution in [0.2, 0.25) is 49.9 Å². The third-order valence-corrected chi connectivity index (χ3v) is 12.1. The normalized spacial score (nSPS) is 27.6. The number of rotatable bonds is 4. The highest BCUT2D eigenvalue weighted by Crippen LogP contribution is 2.64. The molecule has 2 atom stereocenters. The third kappa shape index (κ3) is 3.04. The van der Waals surface area contributed by atoms with Crippen LogP contribution in [0, 0.1) is 0 Å². The fourth-order valence-corrected chi connectivity index (χ4v) is 10.7. The second kappa shape index (κ2) is 6.35. The summed E-state index contributed by atoms with van der Waals surface area (Å²) in [5.41, 5.74) is 4.79. The van der Waals surface area contributed by atoms with Gasteiger partial charge in [0.05, 0.1) is 16.1 Å². The number of Topliss-reactive ketones (excluding diaryl/α,β-unsaturated/α-hetero) is 1. The van der Waals surface area contributed by atoms with Gasteiger partial charge in [-0.2, -0.15) is 0 Å². The van der Waals surface area contributed by atoms with E-state index in [1.54, 1.807) is 11.1 Å². The van der Waals surface area contributed by atoms with Crippen LogP contribution in [0.15, 0.2) is 41.5 Å². The molecule has 0 aliphatic heterocycles. The Hall–Kier alpha value is -0.936. The molecular formula is C22H34OSi2. The van der Waals surface area contributed by atoms with Crippen LogP contribution >= 0.6 is 0 Å². The standard InChI is InChI=1S/C22H34OSi2/c1-24(2,3)20-18-14-10-11-15-19(18)22(21(20)23,25(4,5)6)16-17-12-8-7-9-13-17/h7-9,12-13,20H,10-11,14-16H2,1-6H3/t20-,22+/m0/s1. The van der Waals surface area contributed by atoms with Gasteiger partial charge in [-0.25, -0.2) is 0 Å². The van der Waals surface area contributed by atoms with Crippen LogP contribution in [0.4, 0.5) is 0 Å². The van der Waals surface area contributed by atoms with Gasteiger partial charge >= 0.3 is 0 Å². The first-order chi connectivity index (χ1) is 11.6. The molecule has 1 nitrogen and oxygen atoms in total. The quantitative estimate of drug-likeness (QED) is 0.438. The zero-order valence-electron chi connectivity index (χ0n) is 16.9. The average molecular weight is 371 g/mol. The first kappa shape index (κ1) is 18.8. The zero-order valence-corrected chi connectivity index (χ0v) is 18.9. The zero-order chi connectivity index (χ0) is 18.5. The van der Waals surface area contributed by atoms with Crippen molar-refractivity contribution in [3.05, 3.63) is 47.0 Å². The third-order valence-electron chi connectivity index (χ3n) is 6.52. The number of ketones is 1. The first-order valence-electron chi connectivity index (χ1n) is 9.90. The van der Waals surface area contributed by atoms with Crippen molar-refractivity contribution >= 4 is 21.9 Å². The number of hydrogen-bond acceptors (Lipinski definition) is 1. The summed E-state index contributed by atoms with van der Waals surface area (Å²) in [4.78, 5) is 14.1. The second-order valence-electron chi connectivity index (χ2n) is 10.2. The predicted octanol–water partition coefficient (Wildman–Crippen LogP) is 6.47. The Morgan fingerprint density at radius 3 is 2.12 bits per heavy atom. The summed E-state index contributed by atoms with van der Waals surface area (Å²) in [6.07, 6.45) is 5.82. The van der Waals surface area contributed by atoms with Crippen LogP contribution in [-0.2, 0) is 11.2 Å². The maximum absolute atomic E-state index is 14.1. The molecule has 0 radical (unpaired) electrons. The Morgan fingerprint density at radius 1 is 0.960 bits per heavy atom. The number of hydrogen-bond donors (Lipinski definition) is 0. The van der Waals surface area contributed by atoms with Crippen molar-refractivity contribution < 1.29 is 4.79 Å². The lowest BCUT2D eigenvalue weighted by atomic mass is 9.85. The molecule has 0 spiro atoms. The van der Waals surface area contributed by atoms with Gasteiger partial charge in [0, 0.05) is 10.6 Å². The lowest BCUT2D eigenvalue weighted by molar-refractivity contribution is -0.119.